The molecular formula is C28H26BrClN7O3+. The lowest BCUT2D eigenvalue weighted by molar-refractivity contribution is -0.880. The fourth-order valence-electron chi connectivity index (χ4n) is 4.24. The van der Waals surface area contributed by atoms with Crippen LogP contribution in [0.15, 0.2) is 69.8 Å². The summed E-state index contributed by atoms with van der Waals surface area (Å²) in [6.45, 7) is 2.59. The number of quaternary nitrogens is 1. The molecule has 0 amide bonds. The van der Waals surface area contributed by atoms with Gasteiger partial charge in [-0.2, -0.15) is 0 Å². The van der Waals surface area contributed by atoms with E-state index in [4.69, 9.17) is 11.6 Å². The summed E-state index contributed by atoms with van der Waals surface area (Å²) in [7, 11) is 3.89. The van der Waals surface area contributed by atoms with Crippen molar-refractivity contribution in [1.82, 2.24) is 15.0 Å². The molecule has 1 N–H and O–H groups in total. The minimum Gasteiger partial charge on any atom is -0.358 e. The Morgan fingerprint density at radius 1 is 1.27 bits per heavy atom. The van der Waals surface area contributed by atoms with E-state index in [0.29, 0.717) is 57.3 Å². The quantitative estimate of drug-likeness (QED) is 0.107. The third-order valence-electron chi connectivity index (χ3n) is 6.02. The van der Waals surface area contributed by atoms with Gasteiger partial charge in [-0.05, 0) is 75.1 Å². The smallest absolute Gasteiger partial charge is 0.358 e. The van der Waals surface area contributed by atoms with Crippen LogP contribution in [-0.2, 0) is 11.2 Å². The van der Waals surface area contributed by atoms with Crippen molar-refractivity contribution in [3.63, 3.8) is 0 Å². The summed E-state index contributed by atoms with van der Waals surface area (Å²) in [6, 6.07) is 7.28. The van der Waals surface area contributed by atoms with E-state index in [9.17, 15) is 14.9 Å². The van der Waals surface area contributed by atoms with Gasteiger partial charge in [0.1, 0.15) is 18.7 Å². The number of aliphatic imine (C=N–C) groups is 1. The van der Waals surface area contributed by atoms with Crippen LogP contribution in [0.1, 0.15) is 19.0 Å². The Bertz CT molecular complexity index is 1650. The van der Waals surface area contributed by atoms with Gasteiger partial charge in [0.05, 0.1) is 55.8 Å². The van der Waals surface area contributed by atoms with Crippen molar-refractivity contribution < 1.29 is 14.2 Å². The number of rotatable bonds is 10. The highest BCUT2D eigenvalue weighted by atomic mass is 79.9. The molecule has 1 aliphatic rings. The molecule has 1 aliphatic heterocycles. The fourth-order valence-corrected chi connectivity index (χ4v) is 4.67. The summed E-state index contributed by atoms with van der Waals surface area (Å²) in [5, 5.41) is 16.0. The summed E-state index contributed by atoms with van der Waals surface area (Å²) in [5.41, 5.74) is 3.10. The summed E-state index contributed by atoms with van der Waals surface area (Å²) in [4.78, 5) is 40.8. The van der Waals surface area contributed by atoms with E-state index in [-0.39, 0.29) is 18.0 Å². The third-order valence-corrected chi connectivity index (χ3v) is 7.25. The second-order valence-electron chi connectivity index (χ2n) is 9.79. The number of pyridine rings is 1. The van der Waals surface area contributed by atoms with Crippen LogP contribution in [0.25, 0.3) is 10.9 Å². The molecule has 0 atom stereocenters. The van der Waals surface area contributed by atoms with Gasteiger partial charge >= 0.3 is 5.82 Å². The number of anilines is 2. The van der Waals surface area contributed by atoms with Crippen LogP contribution in [0.5, 0.6) is 0 Å². The molecule has 0 saturated heterocycles. The van der Waals surface area contributed by atoms with Gasteiger partial charge in [-0.15, -0.1) is 0 Å². The first-order valence-electron chi connectivity index (χ1n) is 12.2. The normalized spacial score (nSPS) is 13.4. The van der Waals surface area contributed by atoms with E-state index in [1.54, 1.807) is 31.3 Å². The monoisotopic (exact) mass is 622 g/mol. The van der Waals surface area contributed by atoms with Crippen molar-refractivity contribution in [3.05, 3.63) is 85.6 Å². The predicted molar refractivity (Wildman–Crippen MR) is 159 cm³/mol. The maximum Gasteiger partial charge on any atom is 0.369 e. The Morgan fingerprint density at radius 3 is 2.80 bits per heavy atom. The lowest BCUT2D eigenvalue weighted by atomic mass is 10.1. The molecule has 0 fully saturated rings. The zero-order valence-corrected chi connectivity index (χ0v) is 24.5. The van der Waals surface area contributed by atoms with Crippen LogP contribution in [0, 0.1) is 22.0 Å². The molecule has 0 radical (unpaired) electrons. The summed E-state index contributed by atoms with van der Waals surface area (Å²) < 4.78 is 1.20. The number of carbonyl (C=O) groups is 1. The van der Waals surface area contributed by atoms with Crippen molar-refractivity contribution in [1.29, 1.82) is 0 Å². The number of fused-ring (bicyclic) bond motifs is 1. The highest BCUT2D eigenvalue weighted by Crippen LogP contribution is 2.29. The van der Waals surface area contributed by atoms with Crippen LogP contribution in [0.2, 0.25) is 5.02 Å². The number of carbonyl (C=O) groups excluding carboxylic acids is 1. The lowest BCUT2D eigenvalue weighted by Crippen LogP contribution is -2.41. The maximum atomic E-state index is 12.7. The first-order valence-corrected chi connectivity index (χ1v) is 13.4. The van der Waals surface area contributed by atoms with E-state index in [1.807, 2.05) is 26.2 Å². The average molecular weight is 624 g/mol. The Morgan fingerprint density at radius 2 is 2.08 bits per heavy atom. The van der Waals surface area contributed by atoms with Gasteiger partial charge in [-0.25, -0.2) is 9.97 Å². The number of nitro groups is 1. The summed E-state index contributed by atoms with van der Waals surface area (Å²) in [6.07, 6.45) is 6.83. The SMILES string of the molecule is CC#CC1=NC([N+](=O)[O-])=C(C[N+](C)(C)C/C=C/C(=O)Cc2cc3c(Nc4ccc(Br)c(Cl)c4)ncnc3cn2)C1. The number of benzene rings is 1. The number of nitrogens with zero attached hydrogens (tertiary/aromatic N) is 6. The van der Waals surface area contributed by atoms with E-state index < -0.39 is 4.92 Å². The number of nitrogens with one attached hydrogen (secondary N) is 1. The average Bonchev–Trinajstić information content (AvgIpc) is 3.28. The Hall–Kier alpha value is -3.98. The van der Waals surface area contributed by atoms with Crippen LogP contribution in [-0.4, -0.2) is 63.0 Å². The standard InChI is InChI=1S/C28H26BrClN7O3/c1-4-6-19-11-18(28(35-19)36(39)40)16-37(2,3)10-5-7-22(38)12-21-13-23-26(15-31-21)32-17-33-27(23)34-20-8-9-24(29)25(30)14-20/h5,7-9,13-15,17H,10-12,16H2,1-3H3,(H,32,33,34)/q+1/b7-5+. The summed E-state index contributed by atoms with van der Waals surface area (Å²) >= 11 is 9.60. The molecule has 40 heavy (non-hydrogen) atoms. The molecule has 3 aromatic rings. The first-order chi connectivity index (χ1) is 19.0. The van der Waals surface area contributed by atoms with Gasteiger partial charge in [0, 0.05) is 21.2 Å². The van der Waals surface area contributed by atoms with Crippen LogP contribution in [0.3, 0.4) is 0 Å². The molecular weight excluding hydrogens is 598 g/mol. The molecule has 10 nitrogen and oxygen atoms in total. The molecule has 1 aromatic carbocycles. The minimum absolute atomic E-state index is 0.0990. The molecule has 4 rings (SSSR count). The highest BCUT2D eigenvalue weighted by Gasteiger charge is 2.32. The number of ketones is 1. The van der Waals surface area contributed by atoms with Gasteiger partial charge in [-0.3, -0.25) is 9.78 Å². The second-order valence-corrected chi connectivity index (χ2v) is 11.0. The van der Waals surface area contributed by atoms with Crippen molar-refractivity contribution in [2.75, 3.05) is 32.5 Å². The largest absolute Gasteiger partial charge is 0.369 e. The van der Waals surface area contributed by atoms with Crippen molar-refractivity contribution >= 4 is 61.4 Å². The molecule has 3 heterocycles. The first kappa shape index (κ1) is 29.0. The lowest BCUT2D eigenvalue weighted by Gasteiger charge is -2.28. The van der Waals surface area contributed by atoms with Crippen molar-refractivity contribution in [2.24, 2.45) is 4.99 Å². The zero-order valence-electron chi connectivity index (χ0n) is 22.1. The topological polar surface area (TPSA) is 123 Å². The molecule has 0 unspecified atom stereocenters. The van der Waals surface area contributed by atoms with Gasteiger partial charge in [0.2, 0.25) is 5.71 Å². The van der Waals surface area contributed by atoms with Gasteiger partial charge in [0.15, 0.2) is 5.78 Å². The molecule has 204 valence electrons. The molecule has 0 aliphatic carbocycles. The van der Waals surface area contributed by atoms with Crippen LogP contribution < -0.4 is 5.32 Å². The number of aromatic nitrogens is 3. The summed E-state index contributed by atoms with van der Waals surface area (Å²) in [5.74, 6) is 5.88. The van der Waals surface area contributed by atoms with Gasteiger partial charge < -0.3 is 19.9 Å². The Kier molecular flexibility index (Phi) is 9.04. The van der Waals surface area contributed by atoms with Crippen LogP contribution in [0.4, 0.5) is 11.5 Å². The molecule has 12 heteroatoms. The molecule has 2 aromatic heterocycles. The number of halogens is 2. The Balaban J connectivity index is 1.41. The number of hydrogen-bond acceptors (Lipinski definition) is 8. The van der Waals surface area contributed by atoms with Gasteiger partial charge in [0.25, 0.3) is 0 Å². The number of likely N-dealkylation sites (N-methyl/N-ethyl adjacent to an activating group) is 1. The molecule has 0 bridgehead atoms. The van der Waals surface area contributed by atoms with E-state index in [0.717, 1.165) is 15.5 Å². The van der Waals surface area contributed by atoms with E-state index in [2.05, 4.69) is 53.0 Å². The predicted octanol–water partition coefficient (Wildman–Crippen LogP) is 5.28. The van der Waals surface area contributed by atoms with Gasteiger partial charge in [-0.1, -0.05) is 17.5 Å². The fraction of sp³-hybridized carbons (Fsp3) is 0.250. The van der Waals surface area contributed by atoms with Crippen molar-refractivity contribution in [2.45, 2.75) is 19.8 Å². The highest BCUT2D eigenvalue weighted by molar-refractivity contribution is 9.10. The zero-order chi connectivity index (χ0) is 28.9. The minimum atomic E-state index is -0.463. The van der Waals surface area contributed by atoms with E-state index in [1.165, 1.54) is 12.4 Å². The second kappa shape index (κ2) is 12.5. The Labute approximate surface area is 244 Å². The van der Waals surface area contributed by atoms with E-state index >= 15 is 0 Å². The third kappa shape index (κ3) is 7.35. The maximum absolute atomic E-state index is 12.7. The van der Waals surface area contributed by atoms with Crippen LogP contribution >= 0.6 is 27.5 Å². The number of allylic oxidation sites excluding steroid dienone is 1. The molecule has 0 spiro atoms. The molecule has 0 saturated carbocycles. The van der Waals surface area contributed by atoms with Crippen molar-refractivity contribution in [3.8, 4) is 11.8 Å². The number of hydrogen-bond donors (Lipinski definition) is 1.